The molecule has 2 rings (SSSR count). The van der Waals surface area contributed by atoms with Crippen LogP contribution in [0.3, 0.4) is 0 Å². The van der Waals surface area contributed by atoms with Crippen molar-refractivity contribution in [3.05, 3.63) is 12.1 Å². The van der Waals surface area contributed by atoms with Gasteiger partial charge in [-0.3, -0.25) is 0 Å². The Kier molecular flexibility index (Phi) is 2.50. The van der Waals surface area contributed by atoms with Crippen molar-refractivity contribution in [3.63, 3.8) is 0 Å². The Hall–Kier alpha value is -1.85. The molecule has 18 heavy (non-hydrogen) atoms. The van der Waals surface area contributed by atoms with Crippen LogP contribution >= 0.6 is 0 Å². The van der Waals surface area contributed by atoms with E-state index >= 15 is 0 Å². The van der Waals surface area contributed by atoms with Crippen molar-refractivity contribution in [1.82, 2.24) is 4.72 Å². The fourth-order valence-corrected chi connectivity index (χ4v) is 3.29. The Morgan fingerprint density at radius 3 is 2.39 bits per heavy atom. The molecule has 1 aliphatic heterocycles. The zero-order chi connectivity index (χ0) is 13.7. The minimum Gasteiger partial charge on any atom is -0.398 e. The lowest BCUT2D eigenvalue weighted by atomic mass is 10.3. The number of sulfonamides is 2. The van der Waals surface area contributed by atoms with Gasteiger partial charge >= 0.3 is 6.03 Å². The first kappa shape index (κ1) is 12.6. The third-order valence-corrected chi connectivity index (χ3v) is 4.52. The van der Waals surface area contributed by atoms with Gasteiger partial charge in [-0.1, -0.05) is 0 Å². The maximum absolute atomic E-state index is 11.6. The number of primary sulfonamides is 1. The maximum Gasteiger partial charge on any atom is 0.333 e. The number of nitrogens with two attached hydrogens (primary N) is 2. The van der Waals surface area contributed by atoms with E-state index in [0.717, 1.165) is 12.1 Å². The van der Waals surface area contributed by atoms with Crippen molar-refractivity contribution in [2.24, 2.45) is 5.14 Å². The molecule has 2 amide bonds. The fourth-order valence-electron chi connectivity index (χ4n) is 1.47. The van der Waals surface area contributed by atoms with Crippen LogP contribution in [0, 0.1) is 0 Å². The van der Waals surface area contributed by atoms with Crippen molar-refractivity contribution >= 4 is 37.5 Å². The van der Waals surface area contributed by atoms with Crippen LogP contribution in [0.5, 0.6) is 0 Å². The molecular formula is C7H8N4O5S2. The van der Waals surface area contributed by atoms with Gasteiger partial charge in [-0.25, -0.2) is 31.5 Å². The van der Waals surface area contributed by atoms with Gasteiger partial charge in [0, 0.05) is 0 Å². The third kappa shape index (κ3) is 1.98. The van der Waals surface area contributed by atoms with E-state index < -0.39 is 35.9 Å². The molecule has 0 radical (unpaired) electrons. The number of nitrogens with one attached hydrogen (secondary N) is 2. The number of nitrogen functional groups attached to an aromatic ring is 1. The fraction of sp³-hybridized carbons (Fsp3) is 0. The lowest BCUT2D eigenvalue weighted by Gasteiger charge is -2.19. The van der Waals surface area contributed by atoms with Gasteiger partial charge in [0.2, 0.25) is 10.0 Å². The van der Waals surface area contributed by atoms with Crippen molar-refractivity contribution in [1.29, 1.82) is 0 Å². The van der Waals surface area contributed by atoms with E-state index in [1.807, 2.05) is 0 Å². The second kappa shape index (κ2) is 3.57. The van der Waals surface area contributed by atoms with Crippen LogP contribution in [0.4, 0.5) is 16.2 Å². The average Bonchev–Trinajstić information content (AvgIpc) is 2.12. The van der Waals surface area contributed by atoms with Gasteiger partial charge < -0.3 is 11.1 Å². The molecule has 0 fully saturated rings. The van der Waals surface area contributed by atoms with E-state index in [1.54, 1.807) is 4.72 Å². The van der Waals surface area contributed by atoms with E-state index in [4.69, 9.17) is 10.9 Å². The summed E-state index contributed by atoms with van der Waals surface area (Å²) in [5.74, 6) is 0. The Morgan fingerprint density at radius 2 is 1.83 bits per heavy atom. The molecule has 0 aliphatic carbocycles. The highest BCUT2D eigenvalue weighted by Gasteiger charge is 2.30. The molecule has 1 aromatic rings. The highest BCUT2D eigenvalue weighted by atomic mass is 32.2. The predicted molar refractivity (Wildman–Crippen MR) is 61.6 cm³/mol. The second-order valence-corrected chi connectivity index (χ2v) is 6.67. The molecule has 0 atom stereocenters. The highest BCUT2D eigenvalue weighted by Crippen LogP contribution is 2.31. The van der Waals surface area contributed by atoms with Crippen LogP contribution in [-0.2, 0) is 20.0 Å². The van der Waals surface area contributed by atoms with Crippen LogP contribution in [0.2, 0.25) is 0 Å². The van der Waals surface area contributed by atoms with E-state index in [-0.39, 0.29) is 11.4 Å². The summed E-state index contributed by atoms with van der Waals surface area (Å²) in [4.78, 5) is 10.1. The topological polar surface area (TPSA) is 161 Å². The lowest BCUT2D eigenvalue weighted by Crippen LogP contribution is -2.39. The van der Waals surface area contributed by atoms with Crippen LogP contribution < -0.4 is 20.9 Å². The smallest absolute Gasteiger partial charge is 0.333 e. The summed E-state index contributed by atoms with van der Waals surface area (Å²) < 4.78 is 47.3. The Labute approximate surface area is 102 Å². The molecule has 0 unspecified atom stereocenters. The number of urea groups is 1. The van der Waals surface area contributed by atoms with Crippen molar-refractivity contribution in [2.75, 3.05) is 11.1 Å². The van der Waals surface area contributed by atoms with E-state index in [1.165, 1.54) is 0 Å². The monoisotopic (exact) mass is 292 g/mol. The average molecular weight is 292 g/mol. The molecular weight excluding hydrogens is 284 g/mol. The van der Waals surface area contributed by atoms with Gasteiger partial charge in [-0.15, -0.1) is 0 Å². The predicted octanol–water partition coefficient (Wildman–Crippen LogP) is -1.26. The number of anilines is 2. The quantitative estimate of drug-likeness (QED) is 0.472. The van der Waals surface area contributed by atoms with Crippen LogP contribution in [0.15, 0.2) is 21.9 Å². The number of rotatable bonds is 1. The van der Waals surface area contributed by atoms with E-state index in [2.05, 4.69) is 5.32 Å². The zero-order valence-electron chi connectivity index (χ0n) is 8.67. The van der Waals surface area contributed by atoms with Crippen molar-refractivity contribution in [3.8, 4) is 0 Å². The van der Waals surface area contributed by atoms with Gasteiger partial charge in [0.05, 0.1) is 11.4 Å². The number of amides is 2. The Morgan fingerprint density at radius 1 is 1.22 bits per heavy atom. The number of carbonyl (C=O) groups is 1. The molecule has 6 N–H and O–H groups in total. The SMILES string of the molecule is Nc1cc2c(cc1S(N)(=O)=O)S(=O)(=O)NC(=O)N2. The molecule has 1 aromatic carbocycles. The van der Waals surface area contributed by atoms with E-state index in [9.17, 15) is 21.6 Å². The van der Waals surface area contributed by atoms with Gasteiger partial charge in [-0.2, -0.15) is 0 Å². The summed E-state index contributed by atoms with van der Waals surface area (Å²) in [5, 5.41) is 7.09. The van der Waals surface area contributed by atoms with Gasteiger partial charge in [0.15, 0.2) is 0 Å². The summed E-state index contributed by atoms with van der Waals surface area (Å²) in [6.07, 6.45) is 0. The molecule has 0 spiro atoms. The molecule has 0 saturated heterocycles. The molecule has 0 aromatic heterocycles. The maximum atomic E-state index is 11.6. The largest absolute Gasteiger partial charge is 0.398 e. The second-order valence-electron chi connectivity index (χ2n) is 3.49. The summed E-state index contributed by atoms with van der Waals surface area (Å²) >= 11 is 0. The number of benzene rings is 1. The highest BCUT2D eigenvalue weighted by molar-refractivity contribution is 7.90. The molecule has 11 heteroatoms. The molecule has 1 heterocycles. The first-order valence-electron chi connectivity index (χ1n) is 4.41. The first-order valence-corrected chi connectivity index (χ1v) is 7.44. The Bertz CT molecular complexity index is 752. The normalized spacial score (nSPS) is 17.5. The first-order chi connectivity index (χ1) is 8.11. The number of carbonyl (C=O) groups excluding carboxylic acids is 1. The van der Waals surface area contributed by atoms with Gasteiger partial charge in [-0.05, 0) is 12.1 Å². The standard InChI is InChI=1S/C7H8N4O5S2/c8-3-1-4-6(2-5(3)17(9,13)14)18(15,16)11-7(12)10-4/h1-2H,8H2,(H2,9,13,14)(H2,10,11,12). The lowest BCUT2D eigenvalue weighted by molar-refractivity contribution is 0.256. The summed E-state index contributed by atoms with van der Waals surface area (Å²) in [5.41, 5.74) is 5.08. The minimum atomic E-state index is -4.16. The summed E-state index contributed by atoms with van der Waals surface area (Å²) in [7, 11) is -8.29. The Balaban J connectivity index is 2.81. The molecule has 1 aliphatic rings. The van der Waals surface area contributed by atoms with Crippen LogP contribution in [-0.4, -0.2) is 22.9 Å². The zero-order valence-corrected chi connectivity index (χ0v) is 10.3. The van der Waals surface area contributed by atoms with Crippen LogP contribution in [0.25, 0.3) is 0 Å². The van der Waals surface area contributed by atoms with Crippen molar-refractivity contribution in [2.45, 2.75) is 9.79 Å². The van der Waals surface area contributed by atoms with Gasteiger partial charge in [0.25, 0.3) is 10.0 Å². The van der Waals surface area contributed by atoms with Crippen molar-refractivity contribution < 1.29 is 21.6 Å². The molecule has 9 nitrogen and oxygen atoms in total. The number of fused-ring (bicyclic) bond motifs is 1. The van der Waals surface area contributed by atoms with Gasteiger partial charge in [0.1, 0.15) is 9.79 Å². The van der Waals surface area contributed by atoms with E-state index in [0.29, 0.717) is 0 Å². The number of hydrogen-bond donors (Lipinski definition) is 4. The molecule has 0 bridgehead atoms. The number of hydrogen-bond acceptors (Lipinski definition) is 6. The summed E-state index contributed by atoms with van der Waals surface area (Å²) in [6, 6.07) is 0.859. The molecule has 98 valence electrons. The van der Waals surface area contributed by atoms with Crippen LogP contribution in [0.1, 0.15) is 0 Å². The minimum absolute atomic E-state index is 0.108. The molecule has 0 saturated carbocycles. The summed E-state index contributed by atoms with van der Waals surface area (Å²) in [6.45, 7) is 0. The third-order valence-electron chi connectivity index (χ3n) is 2.18.